The van der Waals surface area contributed by atoms with E-state index in [1.54, 1.807) is 6.92 Å². The monoisotopic (exact) mass is 229 g/mol. The van der Waals surface area contributed by atoms with E-state index in [9.17, 15) is 14.4 Å². The highest BCUT2D eigenvalue weighted by Crippen LogP contribution is 2.27. The Balaban J connectivity index is 2.66. The topological polar surface area (TPSA) is 92.7 Å². The molecule has 1 saturated heterocycles. The van der Waals surface area contributed by atoms with Crippen molar-refractivity contribution in [3.63, 3.8) is 0 Å². The van der Waals surface area contributed by atoms with Gasteiger partial charge in [-0.3, -0.25) is 14.4 Å². The number of carboxylic acid groups (broad SMARTS) is 1. The summed E-state index contributed by atoms with van der Waals surface area (Å²) < 4.78 is 4.89. The van der Waals surface area contributed by atoms with E-state index in [4.69, 9.17) is 9.84 Å². The van der Waals surface area contributed by atoms with Crippen molar-refractivity contribution in [1.29, 1.82) is 0 Å². The highest BCUT2D eigenvalue weighted by atomic mass is 16.5. The molecule has 4 atom stereocenters. The number of hydrogen-bond acceptors (Lipinski definition) is 4. The van der Waals surface area contributed by atoms with Crippen LogP contribution in [-0.2, 0) is 19.1 Å². The maximum absolute atomic E-state index is 11.3. The first-order valence-electron chi connectivity index (χ1n) is 5.05. The highest BCUT2D eigenvalue weighted by molar-refractivity contribution is 5.89. The number of carboxylic acids is 1. The van der Waals surface area contributed by atoms with Gasteiger partial charge in [0, 0.05) is 6.92 Å². The first-order chi connectivity index (χ1) is 7.34. The number of carbonyl (C=O) groups is 3. The Bertz CT molecular complexity index is 327. The van der Waals surface area contributed by atoms with Crippen LogP contribution >= 0.6 is 0 Å². The van der Waals surface area contributed by atoms with Crippen LogP contribution < -0.4 is 5.32 Å². The molecule has 90 valence electrons. The molecule has 16 heavy (non-hydrogen) atoms. The zero-order valence-corrected chi connectivity index (χ0v) is 9.39. The minimum atomic E-state index is -0.981. The van der Waals surface area contributed by atoms with E-state index < -0.39 is 35.9 Å². The fourth-order valence-corrected chi connectivity index (χ4v) is 1.85. The van der Waals surface area contributed by atoms with Crippen LogP contribution in [0.1, 0.15) is 20.8 Å². The van der Waals surface area contributed by atoms with Gasteiger partial charge in [-0.2, -0.15) is 0 Å². The lowest BCUT2D eigenvalue weighted by Gasteiger charge is -2.41. The van der Waals surface area contributed by atoms with E-state index in [-0.39, 0.29) is 5.91 Å². The van der Waals surface area contributed by atoms with Gasteiger partial charge in [-0.25, -0.2) is 0 Å². The summed E-state index contributed by atoms with van der Waals surface area (Å²) in [6, 6.07) is -0.473. The lowest BCUT2D eigenvalue weighted by molar-refractivity contribution is -0.160. The minimum Gasteiger partial charge on any atom is -0.481 e. The summed E-state index contributed by atoms with van der Waals surface area (Å²) in [7, 11) is 0. The van der Waals surface area contributed by atoms with Gasteiger partial charge < -0.3 is 15.2 Å². The molecule has 1 fully saturated rings. The van der Waals surface area contributed by atoms with E-state index in [0.29, 0.717) is 0 Å². The second-order valence-electron chi connectivity index (χ2n) is 4.00. The number of esters is 1. The number of nitrogens with one attached hydrogen (secondary N) is 1. The molecule has 1 aliphatic heterocycles. The molecule has 6 nitrogen and oxygen atoms in total. The van der Waals surface area contributed by atoms with Crippen molar-refractivity contribution < 1.29 is 24.2 Å². The van der Waals surface area contributed by atoms with Gasteiger partial charge in [0.05, 0.1) is 17.9 Å². The molecule has 0 radical (unpaired) electrons. The first-order valence-corrected chi connectivity index (χ1v) is 5.05. The Morgan fingerprint density at radius 3 is 2.38 bits per heavy atom. The van der Waals surface area contributed by atoms with Crippen molar-refractivity contribution in [2.24, 2.45) is 11.8 Å². The molecule has 0 spiro atoms. The van der Waals surface area contributed by atoms with Crippen molar-refractivity contribution in [2.45, 2.75) is 32.9 Å². The molecular weight excluding hydrogens is 214 g/mol. The minimum absolute atomic E-state index is 0.271. The normalized spacial score (nSPS) is 27.3. The summed E-state index contributed by atoms with van der Waals surface area (Å²) in [6.07, 6.45) is -0.599. The maximum Gasteiger partial charge on any atom is 0.308 e. The standard InChI is InChI=1S/C10H15NO5/c1-4(10(14)15)8-7(9(13)11-8)5(2)16-6(3)12/h4-5,7-8H,1-3H3,(H,11,13)(H,14,15)/t4?,5-,7-,8-/m1/s1. The molecular formula is C10H15NO5. The third-order valence-corrected chi connectivity index (χ3v) is 2.78. The molecule has 0 aromatic heterocycles. The van der Waals surface area contributed by atoms with Gasteiger partial charge >= 0.3 is 11.9 Å². The highest BCUT2D eigenvalue weighted by Gasteiger charge is 2.48. The molecule has 1 aliphatic rings. The Hall–Kier alpha value is -1.59. The summed E-state index contributed by atoms with van der Waals surface area (Å²) in [4.78, 5) is 32.8. The van der Waals surface area contributed by atoms with Gasteiger partial charge in [-0.05, 0) is 13.8 Å². The molecule has 0 aromatic carbocycles. The molecule has 1 rings (SSSR count). The van der Waals surface area contributed by atoms with Crippen LogP contribution in [0, 0.1) is 11.8 Å². The summed E-state index contributed by atoms with van der Waals surface area (Å²) >= 11 is 0. The van der Waals surface area contributed by atoms with Crippen molar-refractivity contribution >= 4 is 17.8 Å². The summed E-state index contributed by atoms with van der Waals surface area (Å²) in [6.45, 7) is 4.36. The predicted octanol–water partition coefficient (Wildman–Crippen LogP) is -0.227. The zero-order chi connectivity index (χ0) is 12.5. The van der Waals surface area contributed by atoms with Crippen LogP contribution in [-0.4, -0.2) is 35.1 Å². The fourth-order valence-electron chi connectivity index (χ4n) is 1.85. The van der Waals surface area contributed by atoms with Crippen LogP contribution in [0.4, 0.5) is 0 Å². The van der Waals surface area contributed by atoms with Gasteiger partial charge in [0.25, 0.3) is 0 Å². The maximum atomic E-state index is 11.3. The molecule has 2 N–H and O–H groups in total. The quantitative estimate of drug-likeness (QED) is 0.513. The molecule has 0 saturated carbocycles. The zero-order valence-electron chi connectivity index (χ0n) is 9.39. The summed E-state index contributed by atoms with van der Waals surface area (Å²) in [5, 5.41) is 11.3. The van der Waals surface area contributed by atoms with Crippen molar-refractivity contribution in [3.05, 3.63) is 0 Å². The number of amides is 1. The summed E-state index contributed by atoms with van der Waals surface area (Å²) in [5.41, 5.74) is 0. The van der Waals surface area contributed by atoms with E-state index in [1.807, 2.05) is 0 Å². The van der Waals surface area contributed by atoms with Gasteiger partial charge in [-0.15, -0.1) is 0 Å². The van der Waals surface area contributed by atoms with Crippen LogP contribution in [0.5, 0.6) is 0 Å². The first kappa shape index (κ1) is 12.5. The van der Waals surface area contributed by atoms with Gasteiger partial charge in [-0.1, -0.05) is 0 Å². The number of β-lactam (4-membered cyclic amide) rings is 1. The molecule has 6 heteroatoms. The lowest BCUT2D eigenvalue weighted by Crippen LogP contribution is -2.65. The molecule has 1 amide bonds. The molecule has 0 bridgehead atoms. The number of hydrogen-bond donors (Lipinski definition) is 2. The van der Waals surface area contributed by atoms with Crippen LogP contribution in [0.25, 0.3) is 0 Å². The average molecular weight is 229 g/mol. The number of carbonyl (C=O) groups excluding carboxylic acids is 2. The number of rotatable bonds is 4. The van der Waals surface area contributed by atoms with E-state index in [2.05, 4.69) is 5.32 Å². The molecule has 0 aromatic rings. The third-order valence-electron chi connectivity index (χ3n) is 2.78. The van der Waals surface area contributed by atoms with Crippen LogP contribution in [0.2, 0.25) is 0 Å². The van der Waals surface area contributed by atoms with Gasteiger partial charge in [0.15, 0.2) is 0 Å². The van der Waals surface area contributed by atoms with Crippen molar-refractivity contribution in [2.75, 3.05) is 0 Å². The van der Waals surface area contributed by atoms with E-state index in [1.165, 1.54) is 13.8 Å². The largest absolute Gasteiger partial charge is 0.481 e. The number of aliphatic carboxylic acids is 1. The molecule has 1 heterocycles. The fraction of sp³-hybridized carbons (Fsp3) is 0.700. The van der Waals surface area contributed by atoms with E-state index in [0.717, 1.165) is 0 Å². The van der Waals surface area contributed by atoms with Crippen molar-refractivity contribution in [3.8, 4) is 0 Å². The molecule has 0 aliphatic carbocycles. The predicted molar refractivity (Wildman–Crippen MR) is 53.4 cm³/mol. The Morgan fingerprint density at radius 2 is 2.00 bits per heavy atom. The lowest BCUT2D eigenvalue weighted by atomic mass is 9.79. The molecule has 1 unspecified atom stereocenters. The average Bonchev–Trinajstić information content (AvgIpc) is 2.10. The van der Waals surface area contributed by atoms with Crippen LogP contribution in [0.15, 0.2) is 0 Å². The second-order valence-corrected chi connectivity index (χ2v) is 4.00. The third kappa shape index (κ3) is 2.32. The van der Waals surface area contributed by atoms with Gasteiger partial charge in [0.1, 0.15) is 6.10 Å². The Labute approximate surface area is 93.0 Å². The Morgan fingerprint density at radius 1 is 1.44 bits per heavy atom. The van der Waals surface area contributed by atoms with Crippen LogP contribution in [0.3, 0.4) is 0 Å². The smallest absolute Gasteiger partial charge is 0.308 e. The van der Waals surface area contributed by atoms with Gasteiger partial charge in [0.2, 0.25) is 5.91 Å². The van der Waals surface area contributed by atoms with Crippen molar-refractivity contribution in [1.82, 2.24) is 5.32 Å². The second kappa shape index (κ2) is 4.51. The van der Waals surface area contributed by atoms with E-state index >= 15 is 0 Å². The Kier molecular flexibility index (Phi) is 3.51. The summed E-state index contributed by atoms with van der Waals surface area (Å²) in [5.74, 6) is -3.00. The SMILES string of the molecule is CC(=O)O[C@H](C)[C@H]1C(=O)N[C@@H]1C(C)C(=O)O. The number of ether oxygens (including phenoxy) is 1.